The summed E-state index contributed by atoms with van der Waals surface area (Å²) in [5, 5.41) is 18.3. The average molecular weight is 269 g/mol. The number of carbonyl (C=O) groups is 1. The number of amides is 1. The van der Waals surface area contributed by atoms with Crippen LogP contribution in [0.1, 0.15) is 34.5 Å². The molecule has 0 aromatic heterocycles. The van der Waals surface area contributed by atoms with Crippen LogP contribution in [0.3, 0.4) is 0 Å². The molecule has 0 aliphatic heterocycles. The van der Waals surface area contributed by atoms with Crippen molar-refractivity contribution in [1.82, 2.24) is 0 Å². The van der Waals surface area contributed by atoms with E-state index in [1.807, 2.05) is 6.07 Å². The molecule has 5 heteroatoms. The molecule has 1 rings (SSSR count). The summed E-state index contributed by atoms with van der Waals surface area (Å²) in [5.74, 6) is -0.607. The van der Waals surface area contributed by atoms with Crippen molar-refractivity contribution >= 4 is 21.8 Å². The van der Waals surface area contributed by atoms with Gasteiger partial charge in [0.15, 0.2) is 0 Å². The molecule has 15 heavy (non-hydrogen) atoms. The highest BCUT2D eigenvalue weighted by atomic mass is 79.9. The third-order valence-electron chi connectivity index (χ3n) is 1.95. The summed E-state index contributed by atoms with van der Waals surface area (Å²) < 4.78 is 0.505. The van der Waals surface area contributed by atoms with Crippen molar-refractivity contribution < 1.29 is 9.90 Å². The van der Waals surface area contributed by atoms with E-state index >= 15 is 0 Å². The zero-order valence-electron chi connectivity index (χ0n) is 7.99. The van der Waals surface area contributed by atoms with Gasteiger partial charge < -0.3 is 10.8 Å². The molecule has 1 aromatic carbocycles. The van der Waals surface area contributed by atoms with Crippen molar-refractivity contribution in [3.8, 4) is 6.07 Å². The van der Waals surface area contributed by atoms with Crippen LogP contribution in [0, 0.1) is 11.3 Å². The molecule has 0 fully saturated rings. The molecule has 1 atom stereocenters. The van der Waals surface area contributed by atoms with E-state index in [2.05, 4.69) is 15.9 Å². The molecular weight excluding hydrogens is 260 g/mol. The topological polar surface area (TPSA) is 87.1 Å². The van der Waals surface area contributed by atoms with E-state index in [-0.39, 0.29) is 11.1 Å². The number of rotatable bonds is 2. The van der Waals surface area contributed by atoms with Gasteiger partial charge in [0.05, 0.1) is 17.7 Å². The van der Waals surface area contributed by atoms with E-state index in [9.17, 15) is 9.90 Å². The average Bonchev–Trinajstić information content (AvgIpc) is 2.15. The Bertz CT molecular complexity index is 449. The normalized spacial score (nSPS) is 11.9. The first-order chi connectivity index (χ1) is 6.97. The lowest BCUT2D eigenvalue weighted by Gasteiger charge is -2.10. The van der Waals surface area contributed by atoms with Gasteiger partial charge in [-0.1, -0.05) is 15.9 Å². The van der Waals surface area contributed by atoms with E-state index < -0.39 is 12.0 Å². The van der Waals surface area contributed by atoms with Gasteiger partial charge in [-0.15, -0.1) is 0 Å². The fraction of sp³-hybridized carbons (Fsp3) is 0.200. The minimum Gasteiger partial charge on any atom is -0.389 e. The Morgan fingerprint density at radius 3 is 2.67 bits per heavy atom. The summed E-state index contributed by atoms with van der Waals surface area (Å²) in [6.07, 6.45) is -0.782. The Kier molecular flexibility index (Phi) is 3.45. The molecule has 0 aliphatic carbocycles. The van der Waals surface area contributed by atoms with Crippen molar-refractivity contribution in [3.05, 3.63) is 33.3 Å². The third-order valence-corrected chi connectivity index (χ3v) is 2.61. The molecule has 0 saturated heterocycles. The fourth-order valence-corrected chi connectivity index (χ4v) is 2.07. The molecule has 4 nitrogen and oxygen atoms in total. The maximum absolute atomic E-state index is 10.9. The molecule has 0 aliphatic rings. The highest BCUT2D eigenvalue weighted by molar-refractivity contribution is 9.10. The second kappa shape index (κ2) is 4.43. The Balaban J connectivity index is 3.46. The van der Waals surface area contributed by atoms with Gasteiger partial charge >= 0.3 is 0 Å². The SMILES string of the molecule is CC(O)c1c(Br)cc(C(N)=O)cc1C#N. The van der Waals surface area contributed by atoms with Crippen LogP contribution in [0.25, 0.3) is 0 Å². The largest absolute Gasteiger partial charge is 0.389 e. The molecule has 0 radical (unpaired) electrons. The van der Waals surface area contributed by atoms with Crippen LogP contribution in [0.2, 0.25) is 0 Å². The summed E-state index contributed by atoms with van der Waals surface area (Å²) in [6.45, 7) is 1.55. The lowest BCUT2D eigenvalue weighted by molar-refractivity contribution is 0.1000. The molecular formula is C10H9BrN2O2. The maximum Gasteiger partial charge on any atom is 0.248 e. The standard InChI is InChI=1S/C10H9BrN2O2/c1-5(14)9-7(4-12)2-6(10(13)15)3-8(9)11/h2-3,5,14H,1H3,(H2,13,15). The number of carbonyl (C=O) groups excluding carboxylic acids is 1. The first kappa shape index (κ1) is 11.7. The maximum atomic E-state index is 10.9. The van der Waals surface area contributed by atoms with Crippen LogP contribution in [0.15, 0.2) is 16.6 Å². The Morgan fingerprint density at radius 1 is 1.67 bits per heavy atom. The molecule has 3 N–H and O–H groups in total. The van der Waals surface area contributed by atoms with E-state index in [1.165, 1.54) is 12.1 Å². The quantitative estimate of drug-likeness (QED) is 0.852. The Hall–Kier alpha value is -1.38. The second-order valence-corrected chi connectivity index (χ2v) is 3.93. The van der Waals surface area contributed by atoms with Crippen LogP contribution in [-0.4, -0.2) is 11.0 Å². The molecule has 1 unspecified atom stereocenters. The van der Waals surface area contributed by atoms with Crippen LogP contribution in [0.5, 0.6) is 0 Å². The number of hydrogen-bond acceptors (Lipinski definition) is 3. The summed E-state index contributed by atoms with van der Waals surface area (Å²) in [4.78, 5) is 10.9. The van der Waals surface area contributed by atoms with Gasteiger partial charge in [-0.05, 0) is 19.1 Å². The van der Waals surface area contributed by atoms with Crippen LogP contribution in [-0.2, 0) is 0 Å². The molecule has 0 spiro atoms. The molecule has 1 aromatic rings. The number of aliphatic hydroxyl groups excluding tert-OH is 1. The zero-order chi connectivity index (χ0) is 11.6. The van der Waals surface area contributed by atoms with Crippen LogP contribution in [0.4, 0.5) is 0 Å². The number of nitrogens with two attached hydrogens (primary N) is 1. The van der Waals surface area contributed by atoms with Crippen LogP contribution < -0.4 is 5.73 Å². The summed E-state index contributed by atoms with van der Waals surface area (Å²) in [5.41, 5.74) is 6.04. The van der Waals surface area contributed by atoms with Gasteiger partial charge in [-0.3, -0.25) is 4.79 Å². The van der Waals surface area contributed by atoms with Crippen molar-refractivity contribution in [2.75, 3.05) is 0 Å². The predicted molar refractivity (Wildman–Crippen MR) is 58.0 cm³/mol. The Labute approximate surface area is 95.4 Å². The molecule has 0 bridgehead atoms. The van der Waals surface area contributed by atoms with Gasteiger partial charge in [0.1, 0.15) is 0 Å². The van der Waals surface area contributed by atoms with E-state index in [1.54, 1.807) is 6.92 Å². The summed E-state index contributed by atoms with van der Waals surface area (Å²) in [6, 6.07) is 4.78. The van der Waals surface area contributed by atoms with Gasteiger partial charge in [-0.2, -0.15) is 5.26 Å². The van der Waals surface area contributed by atoms with Gasteiger partial charge in [0, 0.05) is 15.6 Å². The first-order valence-corrected chi connectivity index (χ1v) is 4.98. The third kappa shape index (κ3) is 2.35. The summed E-state index contributed by atoms with van der Waals surface area (Å²) >= 11 is 3.19. The van der Waals surface area contributed by atoms with Crippen molar-refractivity contribution in [3.63, 3.8) is 0 Å². The number of aliphatic hydroxyl groups is 1. The molecule has 0 heterocycles. The van der Waals surface area contributed by atoms with Gasteiger partial charge in [0.2, 0.25) is 5.91 Å². The number of nitrogens with zero attached hydrogens (tertiary/aromatic N) is 1. The zero-order valence-corrected chi connectivity index (χ0v) is 9.58. The molecule has 78 valence electrons. The highest BCUT2D eigenvalue weighted by Gasteiger charge is 2.15. The Morgan fingerprint density at radius 2 is 2.27 bits per heavy atom. The summed E-state index contributed by atoms with van der Waals surface area (Å²) in [7, 11) is 0. The first-order valence-electron chi connectivity index (χ1n) is 4.18. The van der Waals surface area contributed by atoms with Crippen molar-refractivity contribution in [2.45, 2.75) is 13.0 Å². The molecule has 0 saturated carbocycles. The number of halogens is 1. The van der Waals surface area contributed by atoms with Gasteiger partial charge in [-0.25, -0.2) is 0 Å². The lowest BCUT2D eigenvalue weighted by atomic mass is 10.0. The number of primary amides is 1. The fourth-order valence-electron chi connectivity index (χ4n) is 1.28. The number of nitriles is 1. The monoisotopic (exact) mass is 268 g/mol. The highest BCUT2D eigenvalue weighted by Crippen LogP contribution is 2.28. The second-order valence-electron chi connectivity index (χ2n) is 3.07. The minimum absolute atomic E-state index is 0.239. The lowest BCUT2D eigenvalue weighted by Crippen LogP contribution is -2.12. The molecule has 1 amide bonds. The van der Waals surface area contributed by atoms with E-state index in [0.717, 1.165) is 0 Å². The predicted octanol–water partition coefficient (Wildman–Crippen LogP) is 1.47. The van der Waals surface area contributed by atoms with Crippen molar-refractivity contribution in [1.29, 1.82) is 5.26 Å². The minimum atomic E-state index is -0.782. The van der Waals surface area contributed by atoms with Crippen LogP contribution >= 0.6 is 15.9 Å². The smallest absolute Gasteiger partial charge is 0.248 e. The van der Waals surface area contributed by atoms with E-state index in [4.69, 9.17) is 11.0 Å². The number of benzene rings is 1. The van der Waals surface area contributed by atoms with E-state index in [0.29, 0.717) is 10.0 Å². The van der Waals surface area contributed by atoms with Crippen molar-refractivity contribution in [2.24, 2.45) is 5.73 Å². The van der Waals surface area contributed by atoms with Gasteiger partial charge in [0.25, 0.3) is 0 Å². The number of hydrogen-bond donors (Lipinski definition) is 2.